The Hall–Kier alpha value is -2.25. The molecule has 0 radical (unpaired) electrons. The molecule has 0 spiro atoms. The second kappa shape index (κ2) is 9.92. The van der Waals surface area contributed by atoms with Crippen LogP contribution in [0.15, 0.2) is 42.5 Å². The maximum atomic E-state index is 13.6. The van der Waals surface area contributed by atoms with Crippen molar-refractivity contribution in [2.45, 2.75) is 43.7 Å². The molecule has 0 unspecified atom stereocenters. The number of methoxy groups -OCH3 is 1. The van der Waals surface area contributed by atoms with Crippen molar-refractivity contribution >= 4 is 23.2 Å². The van der Waals surface area contributed by atoms with Crippen molar-refractivity contribution in [3.8, 4) is 5.75 Å². The first-order valence-corrected chi connectivity index (χ1v) is 10.5. The van der Waals surface area contributed by atoms with Gasteiger partial charge in [0, 0.05) is 17.8 Å². The third-order valence-electron chi connectivity index (χ3n) is 5.63. The summed E-state index contributed by atoms with van der Waals surface area (Å²) in [6.45, 7) is 0.157. The van der Waals surface area contributed by atoms with Crippen LogP contribution in [0.1, 0.15) is 43.2 Å². The monoisotopic (exact) mass is 455 g/mol. The van der Waals surface area contributed by atoms with Gasteiger partial charge in [-0.15, -0.1) is 0 Å². The molecule has 0 heterocycles. The number of benzene rings is 2. The molecule has 1 fully saturated rings. The number of ether oxygens (including phenoxy) is 2. The molecule has 0 aromatic heterocycles. The van der Waals surface area contributed by atoms with E-state index in [1.54, 1.807) is 12.1 Å². The molecule has 2 aromatic carbocycles. The van der Waals surface area contributed by atoms with Gasteiger partial charge in [-0.05, 0) is 48.7 Å². The number of alkyl halides is 3. The number of nitrogens with one attached hydrogen (secondary N) is 1. The lowest BCUT2D eigenvalue weighted by molar-refractivity contribution is -0.139. The number of hydrogen-bond donors (Lipinski definition) is 1. The van der Waals surface area contributed by atoms with Crippen molar-refractivity contribution in [1.82, 2.24) is 0 Å². The van der Waals surface area contributed by atoms with Gasteiger partial charge >= 0.3 is 6.18 Å². The highest BCUT2D eigenvalue weighted by Crippen LogP contribution is 2.42. The summed E-state index contributed by atoms with van der Waals surface area (Å²) in [5.41, 5.74) is -0.833. The van der Waals surface area contributed by atoms with Crippen LogP contribution < -0.4 is 10.1 Å². The van der Waals surface area contributed by atoms with E-state index in [-0.39, 0.29) is 30.6 Å². The fraction of sp³-hybridized carbons (Fsp3) is 0.435. The van der Waals surface area contributed by atoms with Gasteiger partial charge < -0.3 is 14.8 Å². The van der Waals surface area contributed by atoms with Crippen LogP contribution >= 0.6 is 11.6 Å². The predicted molar refractivity (Wildman–Crippen MR) is 114 cm³/mol. The van der Waals surface area contributed by atoms with Crippen LogP contribution in [0.5, 0.6) is 5.75 Å². The van der Waals surface area contributed by atoms with E-state index in [0.717, 1.165) is 30.9 Å². The molecular weight excluding hydrogens is 431 g/mol. The fourth-order valence-electron chi connectivity index (χ4n) is 4.01. The Bertz CT molecular complexity index is 894. The molecule has 1 saturated carbocycles. The highest BCUT2D eigenvalue weighted by atomic mass is 35.5. The van der Waals surface area contributed by atoms with E-state index >= 15 is 0 Å². The number of halogens is 4. The summed E-state index contributed by atoms with van der Waals surface area (Å²) in [7, 11) is 1.44. The summed E-state index contributed by atoms with van der Waals surface area (Å²) in [5.74, 6) is -0.608. The van der Waals surface area contributed by atoms with Crippen molar-refractivity contribution in [1.29, 1.82) is 0 Å². The van der Waals surface area contributed by atoms with Gasteiger partial charge in [0.25, 0.3) is 0 Å². The number of rotatable bonds is 7. The Labute approximate surface area is 184 Å². The summed E-state index contributed by atoms with van der Waals surface area (Å²) >= 11 is 6.00. The van der Waals surface area contributed by atoms with E-state index in [9.17, 15) is 18.0 Å². The van der Waals surface area contributed by atoms with Crippen molar-refractivity contribution in [3.05, 3.63) is 58.6 Å². The molecule has 3 rings (SSSR count). The molecule has 0 aliphatic heterocycles. The van der Waals surface area contributed by atoms with Crippen LogP contribution in [0.4, 0.5) is 18.9 Å². The molecule has 1 amide bonds. The van der Waals surface area contributed by atoms with Gasteiger partial charge in [0.1, 0.15) is 12.4 Å². The van der Waals surface area contributed by atoms with Crippen LogP contribution in [-0.2, 0) is 21.1 Å². The Morgan fingerprint density at radius 3 is 2.35 bits per heavy atom. The smallest absolute Gasteiger partial charge is 0.420 e. The summed E-state index contributed by atoms with van der Waals surface area (Å²) in [4.78, 5) is 13.4. The third kappa shape index (κ3) is 5.52. The second-order valence-electron chi connectivity index (χ2n) is 7.65. The standard InChI is InChI=1S/C23H25ClF3NO3/c1-30-13-14-31-20-10-9-18(15-19(20)23(25,26)27)28-21(29)22(11-3-2-4-12-22)16-5-7-17(24)8-6-16/h5-10,15H,2-4,11-14H2,1H3,(H,28,29). The van der Waals surface area contributed by atoms with Gasteiger partial charge in [-0.1, -0.05) is 43.0 Å². The largest absolute Gasteiger partial charge is 0.491 e. The molecule has 2 aromatic rings. The zero-order valence-electron chi connectivity index (χ0n) is 17.2. The van der Waals surface area contributed by atoms with Crippen LogP contribution in [0.25, 0.3) is 0 Å². The van der Waals surface area contributed by atoms with Gasteiger partial charge in [0.05, 0.1) is 17.6 Å². The molecule has 31 heavy (non-hydrogen) atoms. The van der Waals surface area contributed by atoms with Crippen molar-refractivity contribution < 1.29 is 27.4 Å². The summed E-state index contributed by atoms with van der Waals surface area (Å²) in [5, 5.41) is 3.28. The Kier molecular flexibility index (Phi) is 7.49. The van der Waals surface area contributed by atoms with Gasteiger partial charge in [-0.3, -0.25) is 4.79 Å². The molecule has 1 N–H and O–H groups in total. The average molecular weight is 456 g/mol. The zero-order chi connectivity index (χ0) is 22.5. The van der Waals surface area contributed by atoms with E-state index in [1.165, 1.54) is 19.2 Å². The Morgan fingerprint density at radius 1 is 1.06 bits per heavy atom. The van der Waals surface area contributed by atoms with Crippen LogP contribution in [0.2, 0.25) is 5.02 Å². The molecule has 4 nitrogen and oxygen atoms in total. The third-order valence-corrected chi connectivity index (χ3v) is 5.88. The minimum absolute atomic E-state index is 0.00896. The van der Waals surface area contributed by atoms with Crippen molar-refractivity contribution in [2.24, 2.45) is 0 Å². The fourth-order valence-corrected chi connectivity index (χ4v) is 4.14. The molecule has 8 heteroatoms. The summed E-state index contributed by atoms with van der Waals surface area (Å²) in [6.07, 6.45) is -0.599. The van der Waals surface area contributed by atoms with Crippen molar-refractivity contribution in [2.75, 3.05) is 25.6 Å². The summed E-state index contributed by atoms with van der Waals surface area (Å²) < 4.78 is 50.7. The van der Waals surface area contributed by atoms with Crippen LogP contribution in [0.3, 0.4) is 0 Å². The zero-order valence-corrected chi connectivity index (χ0v) is 18.0. The Morgan fingerprint density at radius 2 is 1.74 bits per heavy atom. The lowest BCUT2D eigenvalue weighted by Gasteiger charge is -2.36. The van der Waals surface area contributed by atoms with E-state index in [0.29, 0.717) is 17.9 Å². The SMILES string of the molecule is COCCOc1ccc(NC(=O)C2(c3ccc(Cl)cc3)CCCCC2)cc1C(F)(F)F. The lowest BCUT2D eigenvalue weighted by atomic mass is 9.68. The number of hydrogen-bond acceptors (Lipinski definition) is 3. The molecule has 0 saturated heterocycles. The topological polar surface area (TPSA) is 47.6 Å². The van der Waals surface area contributed by atoms with E-state index in [1.807, 2.05) is 12.1 Å². The highest BCUT2D eigenvalue weighted by molar-refractivity contribution is 6.30. The van der Waals surface area contributed by atoms with Gasteiger partial charge in [0.2, 0.25) is 5.91 Å². The molecule has 1 aliphatic carbocycles. The molecule has 0 atom stereocenters. The maximum absolute atomic E-state index is 13.6. The lowest BCUT2D eigenvalue weighted by Crippen LogP contribution is -2.42. The minimum Gasteiger partial charge on any atom is -0.491 e. The normalized spacial score (nSPS) is 16.0. The van der Waals surface area contributed by atoms with E-state index in [4.69, 9.17) is 21.1 Å². The maximum Gasteiger partial charge on any atom is 0.420 e. The number of carbonyl (C=O) groups is 1. The Balaban J connectivity index is 1.88. The number of carbonyl (C=O) groups excluding carboxylic acids is 1. The second-order valence-corrected chi connectivity index (χ2v) is 8.09. The number of anilines is 1. The van der Waals surface area contributed by atoms with E-state index in [2.05, 4.69) is 5.32 Å². The quantitative estimate of drug-likeness (QED) is 0.504. The highest BCUT2D eigenvalue weighted by Gasteiger charge is 2.41. The predicted octanol–water partition coefficient (Wildman–Crippen LogP) is 6.22. The first-order valence-electron chi connectivity index (χ1n) is 10.2. The molecule has 168 valence electrons. The van der Waals surface area contributed by atoms with Crippen LogP contribution in [-0.4, -0.2) is 26.2 Å². The van der Waals surface area contributed by atoms with E-state index < -0.39 is 17.2 Å². The first kappa shape index (κ1) is 23.4. The van der Waals surface area contributed by atoms with Gasteiger partial charge in [0.15, 0.2) is 0 Å². The first-order chi connectivity index (χ1) is 14.8. The molecular formula is C23H25ClF3NO3. The van der Waals surface area contributed by atoms with Crippen LogP contribution in [0, 0.1) is 0 Å². The summed E-state index contributed by atoms with van der Waals surface area (Å²) in [6, 6.07) is 10.7. The average Bonchev–Trinajstić information content (AvgIpc) is 2.75. The minimum atomic E-state index is -4.62. The molecule has 1 aliphatic rings. The number of amides is 1. The van der Waals surface area contributed by atoms with Gasteiger partial charge in [-0.2, -0.15) is 13.2 Å². The molecule has 0 bridgehead atoms. The van der Waals surface area contributed by atoms with Gasteiger partial charge in [-0.25, -0.2) is 0 Å². The van der Waals surface area contributed by atoms with Crippen molar-refractivity contribution in [3.63, 3.8) is 0 Å².